The van der Waals surface area contributed by atoms with Gasteiger partial charge in [-0.3, -0.25) is 4.79 Å². The highest BCUT2D eigenvalue weighted by Crippen LogP contribution is 2.17. The van der Waals surface area contributed by atoms with Crippen molar-refractivity contribution in [3.8, 4) is 0 Å². The molecule has 0 aromatic heterocycles. The van der Waals surface area contributed by atoms with Gasteiger partial charge in [-0.1, -0.05) is 17.2 Å². The number of likely N-dealkylation sites (N-methyl/N-ethyl adjacent to an activating group) is 1. The van der Waals surface area contributed by atoms with Crippen LogP contribution in [0.5, 0.6) is 0 Å². The quantitative estimate of drug-likeness (QED) is 0.191. The van der Waals surface area contributed by atoms with Crippen molar-refractivity contribution in [1.82, 2.24) is 0 Å². The van der Waals surface area contributed by atoms with E-state index in [1.54, 1.807) is 24.3 Å². The van der Waals surface area contributed by atoms with E-state index in [2.05, 4.69) is 15.3 Å². The Hall–Kier alpha value is -1.75. The lowest BCUT2D eigenvalue weighted by atomic mass is 10.2. The van der Waals surface area contributed by atoms with Gasteiger partial charge in [-0.15, -0.1) is 0 Å². The van der Waals surface area contributed by atoms with E-state index in [0.29, 0.717) is 10.2 Å². The van der Waals surface area contributed by atoms with Crippen molar-refractivity contribution >= 4 is 17.7 Å². The molecule has 7 heteroatoms. The first-order valence-corrected chi connectivity index (χ1v) is 5.15. The van der Waals surface area contributed by atoms with Gasteiger partial charge in [0.15, 0.2) is 6.29 Å². The van der Waals surface area contributed by atoms with Crippen LogP contribution in [0.2, 0.25) is 0 Å². The zero-order valence-electron chi connectivity index (χ0n) is 10.5. The number of nitrogens with zero attached hydrogens (tertiary/aromatic N) is 4. The lowest BCUT2D eigenvalue weighted by molar-refractivity contribution is -0.881. The van der Waals surface area contributed by atoms with E-state index in [1.807, 2.05) is 21.1 Å². The lowest BCUT2D eigenvalue weighted by Crippen LogP contribution is -3.00. The molecule has 0 saturated heterocycles. The molecule has 1 atom stereocenters. The normalized spacial score (nSPS) is 11.7. The highest BCUT2D eigenvalue weighted by molar-refractivity contribution is 5.63. The first kappa shape index (κ1) is 16.2. The molecule has 0 bridgehead atoms. The van der Waals surface area contributed by atoms with E-state index in [4.69, 9.17) is 5.53 Å². The first-order valence-electron chi connectivity index (χ1n) is 5.15. The number of quaternary nitrogens is 1. The van der Waals surface area contributed by atoms with Gasteiger partial charge in [0, 0.05) is 16.3 Å². The van der Waals surface area contributed by atoms with Crippen LogP contribution in [0, 0.1) is 0 Å². The molecule has 1 rings (SSSR count). The predicted molar refractivity (Wildman–Crippen MR) is 66.8 cm³/mol. The average molecular weight is 270 g/mol. The molecule has 18 heavy (non-hydrogen) atoms. The number of benzene rings is 1. The topological polar surface area (TPSA) is 77.9 Å². The lowest BCUT2D eigenvalue weighted by Gasteiger charge is -2.31. The van der Waals surface area contributed by atoms with Gasteiger partial charge in [0.1, 0.15) is 0 Å². The zero-order valence-corrected chi connectivity index (χ0v) is 11.3. The highest BCUT2D eigenvalue weighted by atomic mass is 35.5. The summed E-state index contributed by atoms with van der Waals surface area (Å²) in [6.07, 6.45) is 0.557. The Bertz CT molecular complexity index is 434. The highest BCUT2D eigenvalue weighted by Gasteiger charge is 2.22. The second kappa shape index (κ2) is 6.86. The van der Waals surface area contributed by atoms with Crippen LogP contribution in [0.25, 0.3) is 10.4 Å². The third-order valence-electron chi connectivity index (χ3n) is 2.31. The summed E-state index contributed by atoms with van der Waals surface area (Å²) < 4.78 is 0.488. The van der Waals surface area contributed by atoms with Gasteiger partial charge in [-0.2, -0.15) is 0 Å². The number of carbonyl (C=O) groups is 1. The Kier molecular flexibility index (Phi) is 6.19. The van der Waals surface area contributed by atoms with Crippen molar-refractivity contribution in [2.45, 2.75) is 6.17 Å². The predicted octanol–water partition coefficient (Wildman–Crippen LogP) is -0.724. The largest absolute Gasteiger partial charge is 1.00 e. The van der Waals surface area contributed by atoms with Gasteiger partial charge in [-0.05, 0) is 17.7 Å². The molecule has 0 fully saturated rings. The summed E-state index contributed by atoms with van der Waals surface area (Å²) in [5, 5.41) is 6.58. The smallest absolute Gasteiger partial charge is 0.218 e. The Balaban J connectivity index is 0.00000289. The fourth-order valence-electron chi connectivity index (χ4n) is 1.26. The molecule has 0 amide bonds. The van der Waals surface area contributed by atoms with Gasteiger partial charge < -0.3 is 22.2 Å². The number of anilines is 1. The maximum absolute atomic E-state index is 11.0. The Morgan fingerprint density at radius 1 is 1.33 bits per heavy atom. The number of aldehydes is 1. The minimum Gasteiger partial charge on any atom is -1.00 e. The van der Waals surface area contributed by atoms with Crippen molar-refractivity contribution < 1.29 is 21.7 Å². The number of hydrogen-bond donors (Lipinski definition) is 1. The average Bonchev–Trinajstić information content (AvgIpc) is 2.27. The molecule has 1 unspecified atom stereocenters. The molecule has 6 nitrogen and oxygen atoms in total. The second-order valence-electron chi connectivity index (χ2n) is 4.58. The van der Waals surface area contributed by atoms with Crippen LogP contribution >= 0.6 is 0 Å². The van der Waals surface area contributed by atoms with Crippen LogP contribution in [0.1, 0.15) is 0 Å². The minimum atomic E-state index is -0.319. The van der Waals surface area contributed by atoms with Crippen molar-refractivity contribution in [3.63, 3.8) is 0 Å². The van der Waals surface area contributed by atoms with Gasteiger partial charge >= 0.3 is 0 Å². The molecule has 0 aliphatic heterocycles. The Morgan fingerprint density at radius 3 is 2.28 bits per heavy atom. The monoisotopic (exact) mass is 269 g/mol. The maximum Gasteiger partial charge on any atom is 0.218 e. The van der Waals surface area contributed by atoms with Crippen molar-refractivity contribution in [2.75, 3.05) is 26.5 Å². The molecular weight excluding hydrogens is 254 g/mol. The van der Waals surface area contributed by atoms with Crippen LogP contribution in [0.3, 0.4) is 0 Å². The molecule has 1 aromatic carbocycles. The molecule has 1 N–H and O–H groups in total. The SMILES string of the molecule is C[N+](C)(C)C(C=O)Nc1ccc(N=[N+]=[N-])cc1.[Cl-]. The van der Waals surface area contributed by atoms with E-state index in [9.17, 15) is 4.79 Å². The van der Waals surface area contributed by atoms with Crippen LogP contribution in [-0.4, -0.2) is 38.1 Å². The number of nitrogens with one attached hydrogen (secondary N) is 1. The third kappa shape index (κ3) is 4.63. The second-order valence-corrected chi connectivity index (χ2v) is 4.58. The molecule has 98 valence electrons. The Labute approximate surface area is 112 Å². The Morgan fingerprint density at radius 2 is 1.89 bits per heavy atom. The van der Waals surface area contributed by atoms with E-state index >= 15 is 0 Å². The summed E-state index contributed by atoms with van der Waals surface area (Å²) >= 11 is 0. The fourth-order valence-corrected chi connectivity index (χ4v) is 1.26. The number of azide groups is 1. The summed E-state index contributed by atoms with van der Waals surface area (Å²) in [4.78, 5) is 13.7. The summed E-state index contributed by atoms with van der Waals surface area (Å²) in [5.41, 5.74) is 9.63. The number of hydrogen-bond acceptors (Lipinski definition) is 3. The van der Waals surface area contributed by atoms with Crippen LogP contribution in [0.4, 0.5) is 11.4 Å². The van der Waals surface area contributed by atoms with Crippen LogP contribution < -0.4 is 17.7 Å². The summed E-state index contributed by atoms with van der Waals surface area (Å²) in [6, 6.07) is 6.94. The molecule has 1 aromatic rings. The first-order chi connectivity index (χ1) is 7.97. The molecular formula is C11H16ClN5O. The number of rotatable bonds is 5. The van der Waals surface area contributed by atoms with E-state index in [1.165, 1.54) is 0 Å². The van der Waals surface area contributed by atoms with Crippen LogP contribution in [-0.2, 0) is 4.79 Å². The minimum absolute atomic E-state index is 0. The molecule has 0 radical (unpaired) electrons. The molecule has 0 aliphatic carbocycles. The molecule has 0 saturated carbocycles. The molecule has 0 heterocycles. The van der Waals surface area contributed by atoms with Gasteiger partial charge in [-0.25, -0.2) is 0 Å². The van der Waals surface area contributed by atoms with Crippen molar-refractivity contribution in [1.29, 1.82) is 0 Å². The van der Waals surface area contributed by atoms with E-state index in [0.717, 1.165) is 12.0 Å². The third-order valence-corrected chi connectivity index (χ3v) is 2.31. The van der Waals surface area contributed by atoms with Crippen molar-refractivity contribution in [2.24, 2.45) is 5.11 Å². The molecule has 0 spiro atoms. The standard InChI is InChI=1S/C11H16N5O.ClH/c1-16(2,3)11(8-17)13-9-4-6-10(7-5-9)14-15-12;/h4-8,11,13H,1-3H3;1H/q+1;/p-1. The van der Waals surface area contributed by atoms with E-state index < -0.39 is 0 Å². The van der Waals surface area contributed by atoms with Crippen molar-refractivity contribution in [3.05, 3.63) is 34.7 Å². The summed E-state index contributed by atoms with van der Waals surface area (Å²) in [5.74, 6) is 0. The van der Waals surface area contributed by atoms with Gasteiger partial charge in [0.25, 0.3) is 0 Å². The van der Waals surface area contributed by atoms with Gasteiger partial charge in [0.2, 0.25) is 6.17 Å². The van der Waals surface area contributed by atoms with E-state index in [-0.39, 0.29) is 18.6 Å². The summed E-state index contributed by atoms with van der Waals surface area (Å²) in [6.45, 7) is 0. The number of halogens is 1. The summed E-state index contributed by atoms with van der Waals surface area (Å²) in [7, 11) is 5.79. The fraction of sp³-hybridized carbons (Fsp3) is 0.364. The number of carbonyl (C=O) groups excluding carboxylic acids is 1. The maximum atomic E-state index is 11.0. The molecule has 0 aliphatic rings. The zero-order chi connectivity index (χ0) is 12.9. The van der Waals surface area contributed by atoms with Crippen LogP contribution in [0.15, 0.2) is 29.4 Å². The van der Waals surface area contributed by atoms with Gasteiger partial charge in [0.05, 0.1) is 21.1 Å².